The van der Waals surface area contributed by atoms with Crippen LogP contribution in [0, 0.1) is 10.1 Å². The van der Waals surface area contributed by atoms with Gasteiger partial charge in [0.25, 0.3) is 11.6 Å². The molecule has 3 aromatic rings. The van der Waals surface area contributed by atoms with Crippen LogP contribution in [0.4, 0.5) is 14.5 Å². The molecular weight excluding hydrogens is 476 g/mol. The molecule has 180 valence electrons. The van der Waals surface area contributed by atoms with E-state index in [-0.39, 0.29) is 41.7 Å². The van der Waals surface area contributed by atoms with Gasteiger partial charge in [-0.15, -0.1) is 11.3 Å². The molecule has 0 saturated carbocycles. The number of rotatable bonds is 11. The fourth-order valence-corrected chi connectivity index (χ4v) is 3.45. The Bertz CT molecular complexity index is 1160. The highest BCUT2D eigenvalue weighted by Crippen LogP contribution is 2.35. The number of ether oxygens (including phenoxy) is 4. The monoisotopic (exact) mass is 495 g/mol. The molecule has 13 heteroatoms. The Labute approximate surface area is 196 Å². The molecule has 0 fully saturated rings. The van der Waals surface area contributed by atoms with Gasteiger partial charge in [0.15, 0.2) is 23.0 Å². The summed E-state index contributed by atoms with van der Waals surface area (Å²) in [4.78, 5) is 27.7. The van der Waals surface area contributed by atoms with Crippen molar-refractivity contribution in [3.05, 3.63) is 68.2 Å². The van der Waals surface area contributed by atoms with Crippen LogP contribution in [0.3, 0.4) is 0 Å². The number of thiazole rings is 1. The fraction of sp³-hybridized carbons (Fsp3) is 0.238. The van der Waals surface area contributed by atoms with E-state index in [9.17, 15) is 23.7 Å². The summed E-state index contributed by atoms with van der Waals surface area (Å²) >= 11 is 1.37. The van der Waals surface area contributed by atoms with Crippen LogP contribution in [0.15, 0.2) is 41.2 Å². The molecule has 34 heavy (non-hydrogen) atoms. The van der Waals surface area contributed by atoms with Crippen molar-refractivity contribution in [3.8, 4) is 23.0 Å². The number of amides is 1. The second-order valence-corrected chi connectivity index (χ2v) is 7.31. The van der Waals surface area contributed by atoms with E-state index < -0.39 is 23.1 Å². The predicted molar refractivity (Wildman–Crippen MR) is 117 cm³/mol. The summed E-state index contributed by atoms with van der Waals surface area (Å²) in [6.45, 7) is -3.13. The Kier molecular flexibility index (Phi) is 8.14. The van der Waals surface area contributed by atoms with Gasteiger partial charge in [0, 0.05) is 18.0 Å². The van der Waals surface area contributed by atoms with Gasteiger partial charge in [0.05, 0.1) is 36.4 Å². The maximum absolute atomic E-state index is 12.8. The molecule has 2 aromatic carbocycles. The molecule has 1 N–H and O–H groups in total. The molecule has 1 heterocycles. The van der Waals surface area contributed by atoms with Crippen molar-refractivity contribution in [3.63, 3.8) is 0 Å². The van der Waals surface area contributed by atoms with Crippen LogP contribution in [0.2, 0.25) is 0 Å². The molecule has 0 aliphatic heterocycles. The van der Waals surface area contributed by atoms with Gasteiger partial charge < -0.3 is 24.3 Å². The Morgan fingerprint density at radius 1 is 1.15 bits per heavy atom. The van der Waals surface area contributed by atoms with Crippen LogP contribution in [-0.4, -0.2) is 36.6 Å². The lowest BCUT2D eigenvalue weighted by molar-refractivity contribution is -0.385. The number of aromatic nitrogens is 1. The Balaban J connectivity index is 1.80. The molecular formula is C21H19F2N3O7S. The lowest BCUT2D eigenvalue weighted by Gasteiger charge is -2.13. The lowest BCUT2D eigenvalue weighted by atomic mass is 10.1. The Hall–Kier alpha value is -4.00. The van der Waals surface area contributed by atoms with Crippen molar-refractivity contribution in [1.29, 1.82) is 0 Å². The van der Waals surface area contributed by atoms with Gasteiger partial charge in [-0.3, -0.25) is 14.9 Å². The van der Waals surface area contributed by atoms with Gasteiger partial charge in [-0.1, -0.05) is 6.07 Å². The van der Waals surface area contributed by atoms with Gasteiger partial charge in [-0.05, 0) is 17.7 Å². The number of alkyl halides is 2. The van der Waals surface area contributed by atoms with E-state index >= 15 is 0 Å². The molecule has 0 bridgehead atoms. The van der Waals surface area contributed by atoms with Crippen molar-refractivity contribution in [1.82, 2.24) is 10.3 Å². The molecule has 1 aromatic heterocycles. The molecule has 0 spiro atoms. The highest BCUT2D eigenvalue weighted by molar-refractivity contribution is 7.07. The number of nitrogens with one attached hydrogen (secondary N) is 1. The van der Waals surface area contributed by atoms with E-state index in [2.05, 4.69) is 15.0 Å². The van der Waals surface area contributed by atoms with Gasteiger partial charge >= 0.3 is 6.61 Å². The van der Waals surface area contributed by atoms with Crippen LogP contribution < -0.4 is 24.3 Å². The number of nitrogens with zero attached hydrogens (tertiary/aromatic N) is 2. The van der Waals surface area contributed by atoms with Gasteiger partial charge in [0.2, 0.25) is 0 Å². The van der Waals surface area contributed by atoms with Gasteiger partial charge in [-0.2, -0.15) is 8.78 Å². The third-order valence-corrected chi connectivity index (χ3v) is 5.11. The topological polar surface area (TPSA) is 122 Å². The first-order valence-corrected chi connectivity index (χ1v) is 10.5. The molecule has 0 aliphatic rings. The fourth-order valence-electron chi connectivity index (χ4n) is 2.91. The number of methoxy groups -OCH3 is 2. The average molecular weight is 495 g/mol. The zero-order valence-electron chi connectivity index (χ0n) is 17.9. The Morgan fingerprint density at radius 2 is 1.91 bits per heavy atom. The van der Waals surface area contributed by atoms with E-state index in [0.717, 1.165) is 6.07 Å². The maximum Gasteiger partial charge on any atom is 0.387 e. The number of halogens is 2. The van der Waals surface area contributed by atoms with Crippen molar-refractivity contribution < 1.29 is 37.4 Å². The zero-order chi connectivity index (χ0) is 24.7. The molecule has 0 radical (unpaired) electrons. The highest BCUT2D eigenvalue weighted by atomic mass is 32.1. The number of hydrogen-bond acceptors (Lipinski definition) is 9. The number of benzene rings is 2. The number of carbonyl (C=O) groups is 1. The van der Waals surface area contributed by atoms with Crippen LogP contribution >= 0.6 is 11.3 Å². The van der Waals surface area contributed by atoms with Crippen molar-refractivity contribution in [2.45, 2.75) is 19.8 Å². The smallest absolute Gasteiger partial charge is 0.387 e. The normalized spacial score (nSPS) is 10.6. The quantitative estimate of drug-likeness (QED) is 0.311. The average Bonchev–Trinajstić information content (AvgIpc) is 3.34. The third kappa shape index (κ3) is 6.07. The SMILES string of the molecule is COc1cc(C(=O)NCc2ccc(OC)c(OC(F)F)c2)c([N+](=O)[O-])cc1OCc1cscn1. The van der Waals surface area contributed by atoms with Crippen LogP contribution in [-0.2, 0) is 13.2 Å². The minimum atomic E-state index is -3.06. The van der Waals surface area contributed by atoms with Crippen LogP contribution in [0.1, 0.15) is 21.6 Å². The largest absolute Gasteiger partial charge is 0.493 e. The summed E-state index contributed by atoms with van der Waals surface area (Å²) in [6.07, 6.45) is 0. The van der Waals surface area contributed by atoms with E-state index in [0.29, 0.717) is 11.3 Å². The predicted octanol–water partition coefficient (Wildman–Crippen LogP) is 4.18. The van der Waals surface area contributed by atoms with E-state index in [1.54, 1.807) is 10.9 Å². The summed E-state index contributed by atoms with van der Waals surface area (Å²) in [5.41, 5.74) is 1.90. The summed E-state index contributed by atoms with van der Waals surface area (Å²) < 4.78 is 45.5. The Morgan fingerprint density at radius 3 is 2.53 bits per heavy atom. The number of hydrogen-bond donors (Lipinski definition) is 1. The van der Waals surface area contributed by atoms with Crippen molar-refractivity contribution in [2.24, 2.45) is 0 Å². The van der Waals surface area contributed by atoms with Crippen molar-refractivity contribution in [2.75, 3.05) is 14.2 Å². The van der Waals surface area contributed by atoms with E-state index in [4.69, 9.17) is 14.2 Å². The molecule has 0 unspecified atom stereocenters. The second-order valence-electron chi connectivity index (χ2n) is 6.59. The number of carbonyl (C=O) groups excluding carboxylic acids is 1. The van der Waals surface area contributed by atoms with Crippen molar-refractivity contribution >= 4 is 22.9 Å². The number of nitro benzene ring substituents is 1. The standard InChI is InChI=1S/C21H19F2N3O7S/c1-30-16-4-3-12(5-19(16)33-21(22)23)8-24-20(27)14-6-17(31-2)18(7-15(14)26(28)29)32-9-13-10-34-11-25-13/h3-7,10-11,21H,8-9H2,1-2H3,(H,24,27). The maximum atomic E-state index is 12.8. The van der Waals surface area contributed by atoms with Gasteiger partial charge in [0.1, 0.15) is 12.2 Å². The van der Waals surface area contributed by atoms with Crippen LogP contribution in [0.25, 0.3) is 0 Å². The first-order valence-electron chi connectivity index (χ1n) is 9.58. The number of nitro groups is 1. The first kappa shape index (κ1) is 24.6. The molecule has 0 aliphatic carbocycles. The summed E-state index contributed by atoms with van der Waals surface area (Å²) in [5.74, 6) is -0.712. The summed E-state index contributed by atoms with van der Waals surface area (Å²) in [6, 6.07) is 6.50. The van der Waals surface area contributed by atoms with E-state index in [1.807, 2.05) is 0 Å². The summed E-state index contributed by atoms with van der Waals surface area (Å²) in [7, 11) is 2.63. The van der Waals surface area contributed by atoms with Gasteiger partial charge in [-0.25, -0.2) is 4.98 Å². The second kappa shape index (κ2) is 11.2. The molecule has 0 atom stereocenters. The molecule has 10 nitrogen and oxygen atoms in total. The lowest BCUT2D eigenvalue weighted by Crippen LogP contribution is -2.24. The zero-order valence-corrected chi connectivity index (χ0v) is 18.8. The minimum Gasteiger partial charge on any atom is -0.493 e. The summed E-state index contributed by atoms with van der Waals surface area (Å²) in [5, 5.41) is 15.9. The third-order valence-electron chi connectivity index (χ3n) is 4.48. The molecule has 3 rings (SSSR count). The highest BCUT2D eigenvalue weighted by Gasteiger charge is 2.25. The molecule has 1 amide bonds. The molecule has 0 saturated heterocycles. The van der Waals surface area contributed by atoms with Crippen LogP contribution in [0.5, 0.6) is 23.0 Å². The minimum absolute atomic E-state index is 0.0586. The first-order chi connectivity index (χ1) is 16.3. The van der Waals surface area contributed by atoms with E-state index in [1.165, 1.54) is 49.8 Å².